The van der Waals surface area contributed by atoms with Crippen molar-refractivity contribution in [2.45, 2.75) is 50.7 Å². The summed E-state index contributed by atoms with van der Waals surface area (Å²) in [5.41, 5.74) is 0.662. The Morgan fingerprint density at radius 3 is 2.68 bits per heavy atom. The number of para-hydroxylation sites is 1. The van der Waals surface area contributed by atoms with E-state index in [0.29, 0.717) is 24.8 Å². The van der Waals surface area contributed by atoms with Crippen molar-refractivity contribution in [2.24, 2.45) is 5.92 Å². The number of carbonyl (C=O) groups is 1. The number of phenols is 1. The monoisotopic (exact) mass is 315 g/mol. The number of nitrogens with one attached hydrogen (secondary N) is 1. The fraction of sp³-hybridized carbons (Fsp3) is 0.562. The summed E-state index contributed by atoms with van der Waals surface area (Å²) in [6.45, 7) is 0. The molecule has 1 amide bonds. The van der Waals surface area contributed by atoms with E-state index in [1.165, 1.54) is 0 Å². The molecule has 0 aliphatic heterocycles. The van der Waals surface area contributed by atoms with Gasteiger partial charge in [0.2, 0.25) is 5.91 Å². The highest BCUT2D eigenvalue weighted by molar-refractivity contribution is 5.76. The SMILES string of the molecule is O=C(CCc1ccccc1O)N[C@@H]1CCC[C@H](C(F)(F)F)C1. The Balaban J connectivity index is 1.81. The Hall–Kier alpha value is -1.72. The lowest BCUT2D eigenvalue weighted by atomic mass is 9.85. The molecular weight excluding hydrogens is 295 g/mol. The van der Waals surface area contributed by atoms with Crippen LogP contribution in [-0.2, 0) is 11.2 Å². The molecule has 0 bridgehead atoms. The highest BCUT2D eigenvalue weighted by Crippen LogP contribution is 2.37. The lowest BCUT2D eigenvalue weighted by Gasteiger charge is -2.31. The first-order chi connectivity index (χ1) is 10.4. The predicted octanol–water partition coefficient (Wildman–Crippen LogP) is 3.56. The van der Waals surface area contributed by atoms with Crippen LogP contribution in [0.4, 0.5) is 13.2 Å². The number of halogens is 3. The summed E-state index contributed by atoms with van der Waals surface area (Å²) in [6, 6.07) is 6.32. The molecule has 0 heterocycles. The van der Waals surface area contributed by atoms with Gasteiger partial charge in [0.15, 0.2) is 0 Å². The van der Waals surface area contributed by atoms with Gasteiger partial charge in [0.05, 0.1) is 5.92 Å². The molecule has 1 fully saturated rings. The van der Waals surface area contributed by atoms with Gasteiger partial charge in [-0.2, -0.15) is 13.2 Å². The fourth-order valence-electron chi connectivity index (χ4n) is 2.89. The maximum absolute atomic E-state index is 12.7. The van der Waals surface area contributed by atoms with Gasteiger partial charge in [-0.1, -0.05) is 24.6 Å². The molecule has 1 aromatic rings. The van der Waals surface area contributed by atoms with E-state index in [2.05, 4.69) is 5.32 Å². The van der Waals surface area contributed by atoms with Crippen LogP contribution in [0.15, 0.2) is 24.3 Å². The Kier molecular flexibility index (Phi) is 5.32. The second kappa shape index (κ2) is 7.03. The third kappa shape index (κ3) is 4.64. The van der Waals surface area contributed by atoms with Gasteiger partial charge in [0.25, 0.3) is 0 Å². The van der Waals surface area contributed by atoms with Gasteiger partial charge in [-0.15, -0.1) is 0 Å². The molecule has 0 spiro atoms. The quantitative estimate of drug-likeness (QED) is 0.892. The number of amides is 1. The fourth-order valence-corrected chi connectivity index (χ4v) is 2.89. The van der Waals surface area contributed by atoms with Crippen molar-refractivity contribution in [3.05, 3.63) is 29.8 Å². The third-order valence-electron chi connectivity index (χ3n) is 4.12. The van der Waals surface area contributed by atoms with Crippen molar-refractivity contribution in [3.63, 3.8) is 0 Å². The minimum Gasteiger partial charge on any atom is -0.508 e. The van der Waals surface area contributed by atoms with Crippen LogP contribution in [0.5, 0.6) is 5.75 Å². The molecule has 0 unspecified atom stereocenters. The number of hydrogen-bond acceptors (Lipinski definition) is 2. The molecule has 0 radical (unpaired) electrons. The van der Waals surface area contributed by atoms with E-state index in [1.54, 1.807) is 24.3 Å². The van der Waals surface area contributed by atoms with Crippen LogP contribution in [0.2, 0.25) is 0 Å². The first-order valence-corrected chi connectivity index (χ1v) is 7.49. The Labute approximate surface area is 127 Å². The average molecular weight is 315 g/mol. The molecule has 1 aliphatic carbocycles. The maximum atomic E-state index is 12.7. The normalized spacial score (nSPS) is 22.3. The number of aryl methyl sites for hydroxylation is 1. The van der Waals surface area contributed by atoms with Gasteiger partial charge < -0.3 is 10.4 Å². The molecule has 3 nitrogen and oxygen atoms in total. The van der Waals surface area contributed by atoms with Gasteiger partial charge in [-0.05, 0) is 37.3 Å². The van der Waals surface area contributed by atoms with E-state index in [4.69, 9.17) is 0 Å². The zero-order valence-corrected chi connectivity index (χ0v) is 12.2. The molecule has 2 rings (SSSR count). The summed E-state index contributed by atoms with van der Waals surface area (Å²) in [6.07, 6.45) is -2.47. The van der Waals surface area contributed by atoms with Crippen LogP contribution in [0, 0.1) is 5.92 Å². The van der Waals surface area contributed by atoms with Gasteiger partial charge in [0.1, 0.15) is 5.75 Å². The largest absolute Gasteiger partial charge is 0.508 e. The molecule has 0 saturated heterocycles. The van der Waals surface area contributed by atoms with E-state index in [0.717, 1.165) is 0 Å². The first-order valence-electron chi connectivity index (χ1n) is 7.49. The maximum Gasteiger partial charge on any atom is 0.391 e. The zero-order chi connectivity index (χ0) is 16.2. The minimum atomic E-state index is -4.18. The molecule has 0 aromatic heterocycles. The van der Waals surface area contributed by atoms with Crippen LogP contribution in [0.25, 0.3) is 0 Å². The summed E-state index contributed by atoms with van der Waals surface area (Å²) in [4.78, 5) is 11.9. The number of benzene rings is 1. The second-order valence-corrected chi connectivity index (χ2v) is 5.80. The van der Waals surface area contributed by atoms with E-state index < -0.39 is 18.1 Å². The lowest BCUT2D eigenvalue weighted by molar-refractivity contribution is -0.184. The van der Waals surface area contributed by atoms with E-state index in [9.17, 15) is 23.1 Å². The molecule has 122 valence electrons. The summed E-state index contributed by atoms with van der Waals surface area (Å²) in [5, 5.41) is 12.3. The van der Waals surface area contributed by atoms with Crippen LogP contribution < -0.4 is 5.32 Å². The summed E-state index contributed by atoms with van der Waals surface area (Å²) in [7, 11) is 0. The average Bonchev–Trinajstić information content (AvgIpc) is 2.46. The second-order valence-electron chi connectivity index (χ2n) is 5.80. The van der Waals surface area contributed by atoms with Crippen LogP contribution in [0.3, 0.4) is 0 Å². The van der Waals surface area contributed by atoms with Crippen LogP contribution >= 0.6 is 0 Å². The highest BCUT2D eigenvalue weighted by atomic mass is 19.4. The van der Waals surface area contributed by atoms with Crippen molar-refractivity contribution in [3.8, 4) is 5.75 Å². The summed E-state index contributed by atoms with van der Waals surface area (Å²) in [5.74, 6) is -1.45. The Morgan fingerprint density at radius 2 is 2.00 bits per heavy atom. The Bertz CT molecular complexity index is 516. The first kappa shape index (κ1) is 16.6. The number of hydrogen-bond donors (Lipinski definition) is 2. The third-order valence-corrected chi connectivity index (χ3v) is 4.12. The van der Waals surface area contributed by atoms with Crippen molar-refractivity contribution in [1.29, 1.82) is 0 Å². The number of rotatable bonds is 4. The molecule has 1 saturated carbocycles. The van der Waals surface area contributed by atoms with E-state index >= 15 is 0 Å². The molecule has 1 aliphatic rings. The molecule has 22 heavy (non-hydrogen) atoms. The minimum absolute atomic E-state index is 0.0359. The number of alkyl halides is 3. The molecule has 2 atom stereocenters. The zero-order valence-electron chi connectivity index (χ0n) is 12.2. The van der Waals surface area contributed by atoms with Gasteiger partial charge in [0, 0.05) is 12.5 Å². The highest BCUT2D eigenvalue weighted by Gasteiger charge is 2.42. The number of phenolic OH excluding ortho intramolecular Hbond substituents is 1. The van der Waals surface area contributed by atoms with Gasteiger partial charge in [-0.25, -0.2) is 0 Å². The van der Waals surface area contributed by atoms with E-state index in [-0.39, 0.29) is 30.9 Å². The molecule has 6 heteroatoms. The van der Waals surface area contributed by atoms with Gasteiger partial charge >= 0.3 is 6.18 Å². The van der Waals surface area contributed by atoms with Crippen molar-refractivity contribution >= 4 is 5.91 Å². The topological polar surface area (TPSA) is 49.3 Å². The van der Waals surface area contributed by atoms with Crippen LogP contribution in [0.1, 0.15) is 37.7 Å². The Morgan fingerprint density at radius 1 is 1.27 bits per heavy atom. The smallest absolute Gasteiger partial charge is 0.391 e. The predicted molar refractivity (Wildman–Crippen MR) is 76.4 cm³/mol. The van der Waals surface area contributed by atoms with Gasteiger partial charge in [-0.3, -0.25) is 4.79 Å². The van der Waals surface area contributed by atoms with Crippen molar-refractivity contribution in [2.75, 3.05) is 0 Å². The lowest BCUT2D eigenvalue weighted by Crippen LogP contribution is -2.41. The standard InChI is InChI=1S/C16H20F3NO2/c17-16(18,19)12-5-3-6-13(10-12)20-15(22)9-8-11-4-1-2-7-14(11)21/h1-2,4,7,12-13,21H,3,5-6,8-10H2,(H,20,22)/t12-,13+/m0/s1. The summed E-state index contributed by atoms with van der Waals surface area (Å²) >= 11 is 0. The number of carbonyl (C=O) groups excluding carboxylic acids is 1. The molecule has 2 N–H and O–H groups in total. The van der Waals surface area contributed by atoms with Crippen LogP contribution in [-0.4, -0.2) is 23.2 Å². The van der Waals surface area contributed by atoms with Crippen molar-refractivity contribution in [1.82, 2.24) is 5.32 Å². The van der Waals surface area contributed by atoms with Crippen molar-refractivity contribution < 1.29 is 23.1 Å². The number of aromatic hydroxyl groups is 1. The van der Waals surface area contributed by atoms with E-state index in [1.807, 2.05) is 0 Å². The molecule has 1 aromatic carbocycles. The summed E-state index contributed by atoms with van der Waals surface area (Å²) < 4.78 is 38.2. The molecular formula is C16H20F3NO2.